The van der Waals surface area contributed by atoms with Gasteiger partial charge in [-0.25, -0.2) is 0 Å². The molecule has 0 aliphatic heterocycles. The lowest BCUT2D eigenvalue weighted by Gasteiger charge is -2.04. The molecular formula is C16H11Cl2N3O2. The van der Waals surface area contributed by atoms with Crippen LogP contribution in [0.5, 0.6) is 0 Å². The fourth-order valence-electron chi connectivity index (χ4n) is 1.92. The van der Waals surface area contributed by atoms with Crippen molar-refractivity contribution >= 4 is 29.1 Å². The van der Waals surface area contributed by atoms with E-state index in [1.54, 1.807) is 30.3 Å². The molecule has 2 aromatic carbocycles. The van der Waals surface area contributed by atoms with E-state index in [4.69, 9.17) is 27.7 Å². The highest BCUT2D eigenvalue weighted by Crippen LogP contribution is 2.19. The minimum Gasteiger partial charge on any atom is -0.344 e. The first-order valence-corrected chi connectivity index (χ1v) is 7.50. The van der Waals surface area contributed by atoms with E-state index in [0.29, 0.717) is 21.4 Å². The fraction of sp³-hybridized carbons (Fsp3) is 0.0625. The van der Waals surface area contributed by atoms with E-state index >= 15 is 0 Å². The third-order valence-electron chi connectivity index (χ3n) is 3.12. The van der Waals surface area contributed by atoms with Gasteiger partial charge in [-0.1, -0.05) is 46.6 Å². The highest BCUT2D eigenvalue weighted by atomic mass is 35.5. The second kappa shape index (κ2) is 6.81. The molecule has 3 aromatic rings. The molecule has 0 spiro atoms. The van der Waals surface area contributed by atoms with Gasteiger partial charge in [-0.3, -0.25) is 4.79 Å². The first-order valence-electron chi connectivity index (χ1n) is 6.75. The molecule has 0 aliphatic carbocycles. The van der Waals surface area contributed by atoms with Crippen LogP contribution in [0.4, 0.5) is 0 Å². The monoisotopic (exact) mass is 347 g/mol. The molecule has 116 valence electrons. The molecule has 0 aliphatic rings. The van der Waals surface area contributed by atoms with Gasteiger partial charge in [0.15, 0.2) is 0 Å². The molecule has 5 nitrogen and oxygen atoms in total. The smallest absolute Gasteiger partial charge is 0.316 e. The Bertz CT molecular complexity index is 831. The van der Waals surface area contributed by atoms with Gasteiger partial charge < -0.3 is 9.84 Å². The van der Waals surface area contributed by atoms with E-state index in [9.17, 15) is 4.79 Å². The molecule has 3 rings (SSSR count). The molecule has 0 saturated carbocycles. The molecule has 23 heavy (non-hydrogen) atoms. The Morgan fingerprint density at radius 1 is 1.09 bits per heavy atom. The zero-order valence-electron chi connectivity index (χ0n) is 11.8. The van der Waals surface area contributed by atoms with Crippen LogP contribution in [0.1, 0.15) is 16.2 Å². The number of rotatable bonds is 4. The summed E-state index contributed by atoms with van der Waals surface area (Å²) >= 11 is 11.9. The van der Waals surface area contributed by atoms with Crippen LogP contribution in [0.2, 0.25) is 10.0 Å². The Hall–Kier alpha value is -2.37. The first-order chi connectivity index (χ1) is 11.1. The van der Waals surface area contributed by atoms with Crippen LogP contribution in [0.3, 0.4) is 0 Å². The maximum absolute atomic E-state index is 12.1. The van der Waals surface area contributed by atoms with Gasteiger partial charge in [-0.05, 0) is 35.9 Å². The van der Waals surface area contributed by atoms with Gasteiger partial charge in [-0.15, -0.1) is 0 Å². The maximum Gasteiger partial charge on any atom is 0.316 e. The summed E-state index contributed by atoms with van der Waals surface area (Å²) in [5.74, 6) is -0.246. The summed E-state index contributed by atoms with van der Waals surface area (Å²) < 4.78 is 4.99. The van der Waals surface area contributed by atoms with Crippen LogP contribution in [-0.2, 0) is 6.54 Å². The topological polar surface area (TPSA) is 68.0 Å². The molecule has 0 unspecified atom stereocenters. The van der Waals surface area contributed by atoms with E-state index < -0.39 is 5.91 Å². The average Bonchev–Trinajstić information content (AvgIpc) is 3.04. The van der Waals surface area contributed by atoms with Gasteiger partial charge in [0.25, 0.3) is 0 Å². The number of hydrogen-bond acceptors (Lipinski definition) is 4. The minimum atomic E-state index is -0.461. The summed E-state index contributed by atoms with van der Waals surface area (Å²) in [6.07, 6.45) is 0. The van der Waals surface area contributed by atoms with Crippen LogP contribution in [-0.4, -0.2) is 16.0 Å². The maximum atomic E-state index is 12.1. The van der Waals surface area contributed by atoms with Gasteiger partial charge in [0.2, 0.25) is 5.82 Å². The molecule has 0 radical (unpaired) electrons. The predicted molar refractivity (Wildman–Crippen MR) is 87.4 cm³/mol. The summed E-state index contributed by atoms with van der Waals surface area (Å²) in [4.78, 5) is 16.1. The van der Waals surface area contributed by atoms with E-state index in [0.717, 1.165) is 5.56 Å². The summed E-state index contributed by atoms with van der Waals surface area (Å²) in [6, 6.07) is 14.2. The third-order valence-corrected chi connectivity index (χ3v) is 3.74. The highest BCUT2D eigenvalue weighted by molar-refractivity contribution is 6.31. The van der Waals surface area contributed by atoms with Gasteiger partial charge in [0.1, 0.15) is 0 Å². The molecule has 0 bridgehead atoms. The van der Waals surface area contributed by atoms with Gasteiger partial charge in [-0.2, -0.15) is 4.98 Å². The number of nitrogens with zero attached hydrogens (tertiary/aromatic N) is 2. The summed E-state index contributed by atoms with van der Waals surface area (Å²) in [6.45, 7) is 0.275. The molecule has 0 saturated heterocycles. The average molecular weight is 348 g/mol. The molecule has 1 amide bonds. The normalized spacial score (nSPS) is 10.5. The van der Waals surface area contributed by atoms with Gasteiger partial charge in [0, 0.05) is 22.2 Å². The predicted octanol–water partition coefficient (Wildman–Crippen LogP) is 3.97. The number of aromatic nitrogens is 2. The lowest BCUT2D eigenvalue weighted by Crippen LogP contribution is -2.23. The number of nitrogens with one attached hydrogen (secondary N) is 1. The molecular weight excluding hydrogens is 337 g/mol. The Morgan fingerprint density at radius 2 is 1.83 bits per heavy atom. The Kier molecular flexibility index (Phi) is 4.60. The van der Waals surface area contributed by atoms with E-state index in [-0.39, 0.29) is 12.4 Å². The van der Waals surface area contributed by atoms with Crippen LogP contribution in [0.15, 0.2) is 53.1 Å². The van der Waals surface area contributed by atoms with Crippen LogP contribution < -0.4 is 5.32 Å². The van der Waals surface area contributed by atoms with Crippen LogP contribution >= 0.6 is 23.2 Å². The zero-order chi connectivity index (χ0) is 16.2. The van der Waals surface area contributed by atoms with Crippen molar-refractivity contribution in [3.05, 3.63) is 70.0 Å². The Labute approximate surface area is 142 Å². The summed E-state index contributed by atoms with van der Waals surface area (Å²) in [7, 11) is 0. The molecule has 7 heteroatoms. The van der Waals surface area contributed by atoms with Crippen molar-refractivity contribution in [2.45, 2.75) is 6.54 Å². The van der Waals surface area contributed by atoms with Crippen molar-refractivity contribution in [2.75, 3.05) is 0 Å². The number of benzene rings is 2. The van der Waals surface area contributed by atoms with Crippen LogP contribution in [0, 0.1) is 0 Å². The number of carbonyl (C=O) groups excluding carboxylic acids is 1. The second-order valence-corrected chi connectivity index (χ2v) is 5.55. The van der Waals surface area contributed by atoms with Crippen molar-refractivity contribution in [3.8, 4) is 11.4 Å². The molecule has 0 atom stereocenters. The van der Waals surface area contributed by atoms with E-state index in [2.05, 4.69) is 15.5 Å². The number of hydrogen-bond donors (Lipinski definition) is 1. The van der Waals surface area contributed by atoms with Crippen molar-refractivity contribution in [1.29, 1.82) is 0 Å². The molecule has 1 aromatic heterocycles. The number of carbonyl (C=O) groups is 1. The second-order valence-electron chi connectivity index (χ2n) is 4.70. The SMILES string of the molecule is O=C(NCc1ccccc1Cl)c1nc(-c2ccc(Cl)cc2)no1. The third kappa shape index (κ3) is 3.70. The number of amides is 1. The fourth-order valence-corrected chi connectivity index (χ4v) is 2.25. The standard InChI is InChI=1S/C16H11Cl2N3O2/c17-12-7-5-10(6-8-12)14-20-16(23-21-14)15(22)19-9-11-3-1-2-4-13(11)18/h1-8H,9H2,(H,19,22). The lowest BCUT2D eigenvalue weighted by molar-refractivity contribution is 0.0907. The lowest BCUT2D eigenvalue weighted by atomic mass is 10.2. The van der Waals surface area contributed by atoms with Crippen molar-refractivity contribution in [2.24, 2.45) is 0 Å². The highest BCUT2D eigenvalue weighted by Gasteiger charge is 2.16. The molecule has 0 fully saturated rings. The zero-order valence-corrected chi connectivity index (χ0v) is 13.3. The van der Waals surface area contributed by atoms with Gasteiger partial charge >= 0.3 is 11.8 Å². The molecule has 1 N–H and O–H groups in total. The Balaban J connectivity index is 1.69. The summed E-state index contributed by atoms with van der Waals surface area (Å²) in [5.41, 5.74) is 1.52. The van der Waals surface area contributed by atoms with E-state index in [1.165, 1.54) is 0 Å². The largest absolute Gasteiger partial charge is 0.344 e. The Morgan fingerprint density at radius 3 is 2.57 bits per heavy atom. The quantitative estimate of drug-likeness (QED) is 0.775. The number of halogens is 2. The van der Waals surface area contributed by atoms with Gasteiger partial charge in [0.05, 0.1) is 0 Å². The van der Waals surface area contributed by atoms with Crippen LogP contribution in [0.25, 0.3) is 11.4 Å². The summed E-state index contributed by atoms with van der Waals surface area (Å²) in [5, 5.41) is 7.67. The van der Waals surface area contributed by atoms with Crippen molar-refractivity contribution in [3.63, 3.8) is 0 Å². The van der Waals surface area contributed by atoms with Crippen molar-refractivity contribution < 1.29 is 9.32 Å². The minimum absolute atomic E-state index is 0.109. The first kappa shape index (κ1) is 15.5. The molecule has 1 heterocycles. The van der Waals surface area contributed by atoms with E-state index in [1.807, 2.05) is 18.2 Å². The van der Waals surface area contributed by atoms with Crippen molar-refractivity contribution in [1.82, 2.24) is 15.5 Å².